The van der Waals surface area contributed by atoms with Gasteiger partial charge in [-0.15, -0.1) is 12.4 Å². The molecule has 2 aliphatic rings. The highest BCUT2D eigenvalue weighted by Crippen LogP contribution is 2.65. The van der Waals surface area contributed by atoms with E-state index in [1.54, 1.807) is 5.56 Å². The largest absolute Gasteiger partial charge is 0.317 e. The Morgan fingerprint density at radius 2 is 1.84 bits per heavy atom. The molecule has 1 N–H and O–H groups in total. The normalized spacial score (nSPS) is 31.8. The third-order valence-corrected chi connectivity index (χ3v) is 5.15. The molecule has 4 rings (SSSR count). The molecule has 1 nitrogen and oxygen atoms in total. The number of halogens is 1. The zero-order valence-corrected chi connectivity index (χ0v) is 12.0. The summed E-state index contributed by atoms with van der Waals surface area (Å²) in [4.78, 5) is 0. The molecule has 0 spiro atoms. The molecule has 100 valence electrons. The first kappa shape index (κ1) is 13.0. The van der Waals surface area contributed by atoms with E-state index in [0.29, 0.717) is 5.41 Å². The molecule has 0 aromatic heterocycles. The summed E-state index contributed by atoms with van der Waals surface area (Å²) >= 11 is 0. The van der Waals surface area contributed by atoms with Gasteiger partial charge in [0, 0.05) is 11.5 Å². The van der Waals surface area contributed by atoms with Crippen molar-refractivity contribution in [2.75, 3.05) is 7.05 Å². The van der Waals surface area contributed by atoms with E-state index in [1.165, 1.54) is 30.0 Å². The fourth-order valence-corrected chi connectivity index (χ4v) is 4.13. The third kappa shape index (κ3) is 1.79. The molecule has 0 saturated heterocycles. The van der Waals surface area contributed by atoms with Gasteiger partial charge in [0.15, 0.2) is 0 Å². The van der Waals surface area contributed by atoms with E-state index in [-0.39, 0.29) is 12.4 Å². The SMILES string of the molecule is CNC1CC2CC2(c2cccc3ccccc23)C1.Cl. The first-order valence-corrected chi connectivity index (χ1v) is 6.99. The lowest BCUT2D eigenvalue weighted by Crippen LogP contribution is -2.25. The maximum atomic E-state index is 3.47. The van der Waals surface area contributed by atoms with Crippen molar-refractivity contribution in [2.45, 2.75) is 30.7 Å². The highest BCUT2D eigenvalue weighted by molar-refractivity contribution is 5.87. The average Bonchev–Trinajstić information content (AvgIpc) is 3.00. The Hall–Kier alpha value is -1.05. The second kappa shape index (κ2) is 4.50. The number of hydrogen-bond donors (Lipinski definition) is 1. The van der Waals surface area contributed by atoms with E-state index in [4.69, 9.17) is 0 Å². The van der Waals surface area contributed by atoms with Crippen LogP contribution in [0.15, 0.2) is 42.5 Å². The molecule has 0 bridgehead atoms. The van der Waals surface area contributed by atoms with E-state index in [2.05, 4.69) is 54.8 Å². The van der Waals surface area contributed by atoms with Crippen LogP contribution in [0.4, 0.5) is 0 Å². The molecule has 0 heterocycles. The molecule has 2 saturated carbocycles. The van der Waals surface area contributed by atoms with Gasteiger partial charge in [-0.3, -0.25) is 0 Å². The standard InChI is InChI=1S/C17H19N.ClH/c1-18-14-9-13-10-17(13,11-14)16-8-4-6-12-5-2-3-7-15(12)16;/h2-8,13-14,18H,9-11H2,1H3;1H. The fraction of sp³-hybridized carbons (Fsp3) is 0.412. The molecule has 0 radical (unpaired) electrons. The summed E-state index contributed by atoms with van der Waals surface area (Å²) in [5.74, 6) is 0.917. The van der Waals surface area contributed by atoms with E-state index in [1.807, 2.05) is 0 Å². The summed E-state index contributed by atoms with van der Waals surface area (Å²) in [6.45, 7) is 0. The first-order chi connectivity index (χ1) is 8.83. The fourth-order valence-electron chi connectivity index (χ4n) is 4.13. The second-order valence-electron chi connectivity index (χ2n) is 6.01. The van der Waals surface area contributed by atoms with Gasteiger partial charge in [-0.25, -0.2) is 0 Å². The van der Waals surface area contributed by atoms with Crippen molar-refractivity contribution in [3.05, 3.63) is 48.0 Å². The van der Waals surface area contributed by atoms with Crippen LogP contribution in [-0.2, 0) is 5.41 Å². The lowest BCUT2D eigenvalue weighted by molar-refractivity contribution is 0.508. The monoisotopic (exact) mass is 273 g/mol. The summed E-state index contributed by atoms with van der Waals surface area (Å²) in [7, 11) is 2.10. The molecule has 2 heteroatoms. The maximum Gasteiger partial charge on any atom is 0.00756 e. The van der Waals surface area contributed by atoms with Gasteiger partial charge in [0.2, 0.25) is 0 Å². The van der Waals surface area contributed by atoms with Crippen LogP contribution in [0, 0.1) is 5.92 Å². The molecule has 2 aromatic carbocycles. The molecule has 2 fully saturated rings. The third-order valence-electron chi connectivity index (χ3n) is 5.15. The van der Waals surface area contributed by atoms with E-state index >= 15 is 0 Å². The molecule has 0 amide bonds. The highest BCUT2D eigenvalue weighted by atomic mass is 35.5. The zero-order chi connectivity index (χ0) is 12.2. The lowest BCUT2D eigenvalue weighted by atomic mass is 9.88. The number of nitrogens with one attached hydrogen (secondary N) is 1. The summed E-state index contributed by atoms with van der Waals surface area (Å²) in [6, 6.07) is 16.4. The van der Waals surface area contributed by atoms with Gasteiger partial charge in [-0.2, -0.15) is 0 Å². The molecular formula is C17H20ClN. The Bertz CT molecular complexity index is 604. The second-order valence-corrected chi connectivity index (χ2v) is 6.01. The molecule has 2 aliphatic carbocycles. The first-order valence-electron chi connectivity index (χ1n) is 6.99. The van der Waals surface area contributed by atoms with E-state index in [0.717, 1.165) is 12.0 Å². The van der Waals surface area contributed by atoms with Crippen molar-refractivity contribution < 1.29 is 0 Å². The van der Waals surface area contributed by atoms with Gasteiger partial charge in [-0.1, -0.05) is 42.5 Å². The van der Waals surface area contributed by atoms with E-state index < -0.39 is 0 Å². The van der Waals surface area contributed by atoms with Gasteiger partial charge in [0.1, 0.15) is 0 Å². The van der Waals surface area contributed by atoms with Crippen LogP contribution in [0.1, 0.15) is 24.8 Å². The van der Waals surface area contributed by atoms with Crippen molar-refractivity contribution in [1.29, 1.82) is 0 Å². The molecule has 0 aliphatic heterocycles. The Morgan fingerprint density at radius 1 is 1.05 bits per heavy atom. The average molecular weight is 274 g/mol. The molecule has 3 unspecified atom stereocenters. The van der Waals surface area contributed by atoms with Crippen molar-refractivity contribution >= 4 is 23.2 Å². The molecule has 19 heavy (non-hydrogen) atoms. The molecule has 2 aromatic rings. The summed E-state index contributed by atoms with van der Waals surface area (Å²) in [5, 5.41) is 6.33. The van der Waals surface area contributed by atoms with E-state index in [9.17, 15) is 0 Å². The van der Waals surface area contributed by atoms with Crippen LogP contribution in [0.5, 0.6) is 0 Å². The lowest BCUT2D eigenvalue weighted by Gasteiger charge is -2.18. The predicted molar refractivity (Wildman–Crippen MR) is 83.1 cm³/mol. The van der Waals surface area contributed by atoms with Gasteiger partial charge < -0.3 is 5.32 Å². The number of rotatable bonds is 2. The molecule has 3 atom stereocenters. The smallest absolute Gasteiger partial charge is 0.00756 e. The van der Waals surface area contributed by atoms with Crippen molar-refractivity contribution in [1.82, 2.24) is 5.32 Å². The number of hydrogen-bond acceptors (Lipinski definition) is 1. The minimum absolute atomic E-state index is 0. The Balaban J connectivity index is 0.00000110. The Labute approximate surface area is 120 Å². The van der Waals surface area contributed by atoms with Crippen LogP contribution in [-0.4, -0.2) is 13.1 Å². The highest BCUT2D eigenvalue weighted by Gasteiger charge is 2.60. The van der Waals surface area contributed by atoms with Gasteiger partial charge in [0.25, 0.3) is 0 Å². The molecular weight excluding hydrogens is 254 g/mol. The van der Waals surface area contributed by atoms with Crippen molar-refractivity contribution in [2.24, 2.45) is 5.92 Å². The van der Waals surface area contributed by atoms with Gasteiger partial charge in [-0.05, 0) is 48.6 Å². The van der Waals surface area contributed by atoms with Crippen LogP contribution >= 0.6 is 12.4 Å². The van der Waals surface area contributed by atoms with Crippen LogP contribution in [0.3, 0.4) is 0 Å². The van der Waals surface area contributed by atoms with Crippen molar-refractivity contribution in [3.8, 4) is 0 Å². The summed E-state index contributed by atoms with van der Waals surface area (Å²) < 4.78 is 0. The van der Waals surface area contributed by atoms with Crippen LogP contribution in [0.2, 0.25) is 0 Å². The topological polar surface area (TPSA) is 12.0 Å². The van der Waals surface area contributed by atoms with Crippen LogP contribution < -0.4 is 5.32 Å². The summed E-state index contributed by atoms with van der Waals surface area (Å²) in [5.41, 5.74) is 2.09. The minimum Gasteiger partial charge on any atom is -0.317 e. The number of fused-ring (bicyclic) bond motifs is 2. The predicted octanol–water partition coefficient (Wildman–Crippen LogP) is 3.90. The summed E-state index contributed by atoms with van der Waals surface area (Å²) in [6.07, 6.45) is 4.08. The quantitative estimate of drug-likeness (QED) is 0.875. The zero-order valence-electron chi connectivity index (χ0n) is 11.2. The minimum atomic E-state index is 0. The Kier molecular flexibility index (Phi) is 3.07. The van der Waals surface area contributed by atoms with Gasteiger partial charge in [0.05, 0.1) is 0 Å². The maximum absolute atomic E-state index is 3.47. The van der Waals surface area contributed by atoms with Crippen molar-refractivity contribution in [3.63, 3.8) is 0 Å². The Morgan fingerprint density at radius 3 is 2.63 bits per heavy atom. The number of benzene rings is 2. The van der Waals surface area contributed by atoms with Crippen LogP contribution in [0.25, 0.3) is 10.8 Å². The van der Waals surface area contributed by atoms with Gasteiger partial charge >= 0.3 is 0 Å².